The average Bonchev–Trinajstić information content (AvgIpc) is 3.20. The van der Waals surface area contributed by atoms with E-state index in [-0.39, 0.29) is 17.9 Å². The van der Waals surface area contributed by atoms with Crippen molar-refractivity contribution in [2.45, 2.75) is 58.4 Å². The molecule has 1 aliphatic carbocycles. The summed E-state index contributed by atoms with van der Waals surface area (Å²) in [6.45, 7) is 4.88. The summed E-state index contributed by atoms with van der Waals surface area (Å²) in [7, 11) is 1.76. The third kappa shape index (κ3) is 3.87. The number of imidazole rings is 1. The molecule has 0 bridgehead atoms. The molecule has 2 aromatic rings. The van der Waals surface area contributed by atoms with Crippen molar-refractivity contribution >= 4 is 23.3 Å². The zero-order valence-electron chi connectivity index (χ0n) is 18.3. The van der Waals surface area contributed by atoms with Crippen LogP contribution in [-0.4, -0.2) is 35.0 Å². The summed E-state index contributed by atoms with van der Waals surface area (Å²) >= 11 is 0. The van der Waals surface area contributed by atoms with Crippen LogP contribution >= 0.6 is 0 Å². The Morgan fingerprint density at radius 3 is 2.53 bits per heavy atom. The molecule has 1 aromatic carbocycles. The highest BCUT2D eigenvalue weighted by Crippen LogP contribution is 2.35. The van der Waals surface area contributed by atoms with Gasteiger partial charge in [0.1, 0.15) is 5.92 Å². The van der Waals surface area contributed by atoms with Crippen LogP contribution in [0.3, 0.4) is 0 Å². The molecule has 1 saturated carbocycles. The normalized spacial score (nSPS) is 19.8. The summed E-state index contributed by atoms with van der Waals surface area (Å²) < 4.78 is 2.11. The van der Waals surface area contributed by atoms with E-state index in [1.807, 2.05) is 41.6 Å². The molecule has 30 heavy (non-hydrogen) atoms. The third-order valence-electron chi connectivity index (χ3n) is 6.59. The van der Waals surface area contributed by atoms with Crippen LogP contribution in [0.15, 0.2) is 36.7 Å². The smallest absolute Gasteiger partial charge is 0.241 e. The maximum atomic E-state index is 13.5. The fourth-order valence-electron chi connectivity index (χ4n) is 4.83. The van der Waals surface area contributed by atoms with E-state index in [1.165, 1.54) is 19.3 Å². The van der Waals surface area contributed by atoms with Gasteiger partial charge >= 0.3 is 0 Å². The van der Waals surface area contributed by atoms with Gasteiger partial charge in [0.05, 0.1) is 12.0 Å². The molecule has 1 atom stereocenters. The van der Waals surface area contributed by atoms with E-state index in [4.69, 9.17) is 0 Å². The van der Waals surface area contributed by atoms with Crippen LogP contribution in [0.4, 0.5) is 11.5 Å². The SMILES string of the molecule is CC(C)n1cnc2c1C[C@H](C(=O)N(C)c1ccccc1)C(=O)N2CC1CCCCC1. The number of carbonyl (C=O) groups is 2. The van der Waals surface area contributed by atoms with Crippen molar-refractivity contribution in [1.82, 2.24) is 9.55 Å². The number of amides is 2. The molecular weight excluding hydrogens is 376 g/mol. The van der Waals surface area contributed by atoms with Gasteiger partial charge in [0.25, 0.3) is 0 Å². The summed E-state index contributed by atoms with van der Waals surface area (Å²) in [6, 6.07) is 9.76. The summed E-state index contributed by atoms with van der Waals surface area (Å²) in [4.78, 5) is 35.0. The largest absolute Gasteiger partial charge is 0.330 e. The predicted octanol–water partition coefficient (Wildman–Crippen LogP) is 4.21. The minimum absolute atomic E-state index is 0.102. The Morgan fingerprint density at radius 1 is 1.17 bits per heavy atom. The molecule has 1 aliphatic heterocycles. The van der Waals surface area contributed by atoms with Crippen LogP contribution in [0.2, 0.25) is 0 Å². The van der Waals surface area contributed by atoms with Gasteiger partial charge in [-0.05, 0) is 44.7 Å². The van der Waals surface area contributed by atoms with E-state index >= 15 is 0 Å². The highest BCUT2D eigenvalue weighted by atomic mass is 16.2. The topological polar surface area (TPSA) is 58.4 Å². The molecule has 2 aliphatic rings. The number of nitrogens with zero attached hydrogens (tertiary/aromatic N) is 4. The van der Waals surface area contributed by atoms with Crippen molar-refractivity contribution in [3.63, 3.8) is 0 Å². The first-order valence-corrected chi connectivity index (χ1v) is 11.2. The van der Waals surface area contributed by atoms with Gasteiger partial charge in [-0.2, -0.15) is 0 Å². The van der Waals surface area contributed by atoms with Gasteiger partial charge in [0, 0.05) is 31.7 Å². The standard InChI is InChI=1S/C24H32N4O2/c1-17(2)28-16-25-22-21(28)14-20(23(29)26(3)19-12-8-5-9-13-19)24(30)27(22)15-18-10-6-4-7-11-18/h5,8-9,12-13,16-18,20H,4,6-7,10-11,14-15H2,1-3H3/t20-/m1/s1. The lowest BCUT2D eigenvalue weighted by Gasteiger charge is -2.36. The van der Waals surface area contributed by atoms with Crippen LogP contribution in [0.1, 0.15) is 57.7 Å². The zero-order chi connectivity index (χ0) is 21.3. The molecular formula is C24H32N4O2. The molecule has 1 aromatic heterocycles. The van der Waals surface area contributed by atoms with Crippen LogP contribution in [-0.2, 0) is 16.0 Å². The lowest BCUT2D eigenvalue weighted by atomic mass is 9.87. The molecule has 1 fully saturated rings. The Bertz CT molecular complexity index is 899. The predicted molar refractivity (Wildman–Crippen MR) is 119 cm³/mol. The quantitative estimate of drug-likeness (QED) is 0.696. The van der Waals surface area contributed by atoms with Crippen LogP contribution < -0.4 is 9.80 Å². The number of aromatic nitrogens is 2. The van der Waals surface area contributed by atoms with E-state index < -0.39 is 5.92 Å². The van der Waals surface area contributed by atoms with Crippen molar-refractivity contribution in [3.05, 3.63) is 42.4 Å². The van der Waals surface area contributed by atoms with Crippen LogP contribution in [0.25, 0.3) is 0 Å². The number of para-hydroxylation sites is 1. The Morgan fingerprint density at radius 2 is 1.87 bits per heavy atom. The second-order valence-electron chi connectivity index (χ2n) is 8.96. The minimum atomic E-state index is -0.708. The third-order valence-corrected chi connectivity index (χ3v) is 6.59. The van der Waals surface area contributed by atoms with Crippen molar-refractivity contribution in [2.75, 3.05) is 23.4 Å². The highest BCUT2D eigenvalue weighted by molar-refractivity contribution is 6.13. The summed E-state index contributed by atoms with van der Waals surface area (Å²) in [6.07, 6.45) is 8.24. The van der Waals surface area contributed by atoms with Crippen molar-refractivity contribution in [3.8, 4) is 0 Å². The summed E-state index contributed by atoms with van der Waals surface area (Å²) in [5.74, 6) is 0.281. The fraction of sp³-hybridized carbons (Fsp3) is 0.542. The average molecular weight is 409 g/mol. The van der Waals surface area contributed by atoms with Gasteiger partial charge in [0.2, 0.25) is 11.8 Å². The molecule has 0 spiro atoms. The molecule has 6 heteroatoms. The van der Waals surface area contributed by atoms with Gasteiger partial charge in [-0.15, -0.1) is 0 Å². The number of rotatable bonds is 5. The van der Waals surface area contributed by atoms with Gasteiger partial charge in [-0.3, -0.25) is 14.5 Å². The number of carbonyl (C=O) groups excluding carboxylic acids is 2. The molecule has 0 N–H and O–H groups in total. The monoisotopic (exact) mass is 408 g/mol. The molecule has 6 nitrogen and oxygen atoms in total. The van der Waals surface area contributed by atoms with Crippen LogP contribution in [0.5, 0.6) is 0 Å². The Labute approximate surface area is 178 Å². The molecule has 0 radical (unpaired) electrons. The van der Waals surface area contributed by atoms with E-state index in [0.29, 0.717) is 18.9 Å². The maximum absolute atomic E-state index is 13.5. The maximum Gasteiger partial charge on any atom is 0.241 e. The van der Waals surface area contributed by atoms with Gasteiger partial charge < -0.3 is 9.47 Å². The zero-order valence-corrected chi connectivity index (χ0v) is 18.3. The summed E-state index contributed by atoms with van der Waals surface area (Å²) in [5.41, 5.74) is 1.80. The van der Waals surface area contributed by atoms with Crippen molar-refractivity contribution in [1.29, 1.82) is 0 Å². The van der Waals surface area contributed by atoms with Gasteiger partial charge in [-0.1, -0.05) is 37.5 Å². The first-order valence-electron chi connectivity index (χ1n) is 11.2. The molecule has 160 valence electrons. The lowest BCUT2D eigenvalue weighted by molar-refractivity contribution is -0.132. The molecule has 4 rings (SSSR count). The van der Waals surface area contributed by atoms with E-state index in [9.17, 15) is 9.59 Å². The molecule has 0 saturated heterocycles. The van der Waals surface area contributed by atoms with E-state index in [2.05, 4.69) is 23.4 Å². The fourth-order valence-corrected chi connectivity index (χ4v) is 4.83. The number of hydrogen-bond donors (Lipinski definition) is 0. The van der Waals surface area contributed by atoms with E-state index in [1.54, 1.807) is 11.9 Å². The van der Waals surface area contributed by atoms with Gasteiger partial charge in [-0.25, -0.2) is 4.98 Å². The number of benzene rings is 1. The van der Waals surface area contributed by atoms with Crippen molar-refractivity contribution in [2.24, 2.45) is 11.8 Å². The summed E-state index contributed by atoms with van der Waals surface area (Å²) in [5, 5.41) is 0. The molecule has 2 heterocycles. The number of anilines is 2. The molecule has 2 amide bonds. The second-order valence-corrected chi connectivity index (χ2v) is 8.96. The molecule has 0 unspecified atom stereocenters. The van der Waals surface area contributed by atoms with Crippen molar-refractivity contribution < 1.29 is 9.59 Å². The Balaban J connectivity index is 1.65. The van der Waals surface area contributed by atoms with E-state index in [0.717, 1.165) is 30.0 Å². The van der Waals surface area contributed by atoms with Crippen LogP contribution in [0, 0.1) is 11.8 Å². The first-order chi connectivity index (χ1) is 14.5. The Kier molecular flexibility index (Phi) is 5.93. The second kappa shape index (κ2) is 8.62. The minimum Gasteiger partial charge on any atom is -0.330 e. The van der Waals surface area contributed by atoms with Gasteiger partial charge in [0.15, 0.2) is 5.82 Å². The number of fused-ring (bicyclic) bond motifs is 1. The Hall–Kier alpha value is -2.63. The number of hydrogen-bond acceptors (Lipinski definition) is 3. The highest BCUT2D eigenvalue weighted by Gasteiger charge is 2.42. The first kappa shape index (κ1) is 20.6. The lowest BCUT2D eigenvalue weighted by Crippen LogP contribution is -2.50.